The fraction of sp³-hybridized carbons (Fsp3) is 0.400. The maximum absolute atomic E-state index is 13.1. The van der Waals surface area contributed by atoms with E-state index in [2.05, 4.69) is 0 Å². The second-order valence-electron chi connectivity index (χ2n) is 4.12. The molecular weight excluding hydrogens is 217 g/mol. The number of halogens is 1. The molecule has 0 aliphatic heterocycles. The molecule has 5 nitrogen and oxygen atoms in total. The highest BCUT2D eigenvalue weighted by Gasteiger charge is 2.28. The molecule has 0 fully saturated rings. The number of benzene rings is 1. The number of hydrogen-bond acceptors (Lipinski definition) is 4. The summed E-state index contributed by atoms with van der Waals surface area (Å²) in [5, 5.41) is 29.1. The molecule has 0 aliphatic carbocycles. The minimum Gasteiger partial charge on any atom is -0.508 e. The molecule has 0 radical (unpaired) electrons. The van der Waals surface area contributed by atoms with E-state index in [-0.39, 0.29) is 12.2 Å². The first-order valence-corrected chi connectivity index (χ1v) is 4.58. The smallest absolute Gasteiger partial charge is 0.305 e. The maximum atomic E-state index is 13.1. The number of nitro groups is 1. The van der Waals surface area contributed by atoms with Crippen LogP contribution in [0.25, 0.3) is 0 Å². The summed E-state index contributed by atoms with van der Waals surface area (Å²) < 4.78 is 13.1. The van der Waals surface area contributed by atoms with Crippen molar-refractivity contribution >= 4 is 5.69 Å². The van der Waals surface area contributed by atoms with Crippen LogP contribution in [-0.4, -0.2) is 21.7 Å². The van der Waals surface area contributed by atoms with Crippen LogP contribution in [-0.2, 0) is 5.41 Å². The van der Waals surface area contributed by atoms with E-state index in [0.717, 1.165) is 6.07 Å². The Balaban J connectivity index is 3.42. The van der Waals surface area contributed by atoms with Crippen LogP contribution >= 0.6 is 0 Å². The molecule has 1 rings (SSSR count). The lowest BCUT2D eigenvalue weighted by atomic mass is 9.84. The second-order valence-corrected chi connectivity index (χ2v) is 4.12. The fourth-order valence-corrected chi connectivity index (χ4v) is 1.32. The molecular formula is C10H12FNO4. The number of hydrogen-bond donors (Lipinski definition) is 2. The van der Waals surface area contributed by atoms with Gasteiger partial charge in [0.2, 0.25) is 5.82 Å². The number of phenols is 1. The van der Waals surface area contributed by atoms with E-state index in [1.807, 2.05) is 0 Å². The highest BCUT2D eigenvalue weighted by atomic mass is 19.1. The molecule has 0 spiro atoms. The van der Waals surface area contributed by atoms with Gasteiger partial charge in [0.25, 0.3) is 0 Å². The first kappa shape index (κ1) is 12.4. The van der Waals surface area contributed by atoms with Crippen molar-refractivity contribution in [3.63, 3.8) is 0 Å². The van der Waals surface area contributed by atoms with E-state index < -0.39 is 27.6 Å². The Bertz CT molecular complexity index is 431. The number of aromatic hydroxyl groups is 1. The third-order valence-corrected chi connectivity index (χ3v) is 2.39. The zero-order chi connectivity index (χ0) is 12.5. The lowest BCUT2D eigenvalue weighted by Gasteiger charge is -2.22. The fourth-order valence-electron chi connectivity index (χ4n) is 1.32. The molecule has 0 bridgehead atoms. The van der Waals surface area contributed by atoms with E-state index in [9.17, 15) is 19.6 Å². The van der Waals surface area contributed by atoms with Gasteiger partial charge in [-0.05, 0) is 0 Å². The van der Waals surface area contributed by atoms with E-state index in [0.29, 0.717) is 6.07 Å². The van der Waals surface area contributed by atoms with Crippen LogP contribution in [0.15, 0.2) is 12.1 Å². The van der Waals surface area contributed by atoms with Crippen molar-refractivity contribution in [3.05, 3.63) is 33.6 Å². The summed E-state index contributed by atoms with van der Waals surface area (Å²) in [5.41, 5.74) is -1.44. The van der Waals surface area contributed by atoms with Crippen LogP contribution in [0.2, 0.25) is 0 Å². The predicted octanol–water partition coefficient (Wildman–Crippen LogP) is 1.71. The predicted molar refractivity (Wildman–Crippen MR) is 54.8 cm³/mol. The number of phenolic OH excluding ortho intramolecular Hbond substituents is 1. The van der Waals surface area contributed by atoms with Gasteiger partial charge in [-0.2, -0.15) is 4.39 Å². The molecule has 88 valence electrons. The van der Waals surface area contributed by atoms with Crippen molar-refractivity contribution in [2.45, 2.75) is 19.3 Å². The number of rotatable bonds is 3. The Morgan fingerprint density at radius 1 is 1.50 bits per heavy atom. The molecule has 16 heavy (non-hydrogen) atoms. The molecule has 2 N–H and O–H groups in total. The van der Waals surface area contributed by atoms with Crippen molar-refractivity contribution in [2.24, 2.45) is 0 Å². The van der Waals surface area contributed by atoms with E-state index in [4.69, 9.17) is 5.11 Å². The van der Waals surface area contributed by atoms with Gasteiger partial charge < -0.3 is 10.2 Å². The first-order valence-electron chi connectivity index (χ1n) is 4.58. The van der Waals surface area contributed by atoms with Gasteiger partial charge in [-0.15, -0.1) is 0 Å². The Kier molecular flexibility index (Phi) is 3.14. The number of aliphatic hydroxyl groups is 1. The zero-order valence-corrected chi connectivity index (χ0v) is 8.90. The molecule has 1 aromatic rings. The molecule has 0 saturated heterocycles. The SMILES string of the molecule is CC(C)(CO)c1cc([N+](=O)[O-])c(F)cc1O. The van der Waals surface area contributed by atoms with Crippen molar-refractivity contribution in [2.75, 3.05) is 6.61 Å². The van der Waals surface area contributed by atoms with Crippen LogP contribution in [0.3, 0.4) is 0 Å². The van der Waals surface area contributed by atoms with Gasteiger partial charge in [-0.3, -0.25) is 10.1 Å². The van der Waals surface area contributed by atoms with Gasteiger partial charge in [0.1, 0.15) is 5.75 Å². The molecule has 6 heteroatoms. The quantitative estimate of drug-likeness (QED) is 0.610. The largest absolute Gasteiger partial charge is 0.508 e. The average molecular weight is 229 g/mol. The van der Waals surface area contributed by atoms with E-state index >= 15 is 0 Å². The number of aliphatic hydroxyl groups excluding tert-OH is 1. The summed E-state index contributed by atoms with van der Waals surface area (Å²) in [6.07, 6.45) is 0. The van der Waals surface area contributed by atoms with Crippen molar-refractivity contribution in [1.82, 2.24) is 0 Å². The van der Waals surface area contributed by atoms with Crippen LogP contribution < -0.4 is 0 Å². The topological polar surface area (TPSA) is 83.6 Å². The van der Waals surface area contributed by atoms with Crippen LogP contribution in [0.5, 0.6) is 5.75 Å². The van der Waals surface area contributed by atoms with Crippen LogP contribution in [0.1, 0.15) is 19.4 Å². The van der Waals surface area contributed by atoms with Crippen LogP contribution in [0, 0.1) is 15.9 Å². The Morgan fingerprint density at radius 2 is 2.06 bits per heavy atom. The number of nitrogens with zero attached hydrogens (tertiary/aromatic N) is 1. The standard InChI is InChI=1S/C10H12FNO4/c1-10(2,5-13)6-3-8(12(15)16)7(11)4-9(6)14/h3-4,13-14H,5H2,1-2H3. The summed E-state index contributed by atoms with van der Waals surface area (Å²) in [6, 6.07) is 1.63. The minimum atomic E-state index is -1.10. The lowest BCUT2D eigenvalue weighted by molar-refractivity contribution is -0.387. The second kappa shape index (κ2) is 4.05. The van der Waals surface area contributed by atoms with Gasteiger partial charge in [-0.25, -0.2) is 0 Å². The molecule has 0 heterocycles. The van der Waals surface area contributed by atoms with Crippen molar-refractivity contribution < 1.29 is 19.5 Å². The number of nitro benzene ring substituents is 1. The van der Waals surface area contributed by atoms with Crippen molar-refractivity contribution in [3.8, 4) is 5.75 Å². The monoisotopic (exact) mass is 229 g/mol. The van der Waals surface area contributed by atoms with Gasteiger partial charge in [0, 0.05) is 23.1 Å². The maximum Gasteiger partial charge on any atom is 0.305 e. The highest BCUT2D eigenvalue weighted by molar-refractivity contribution is 5.47. The van der Waals surface area contributed by atoms with E-state index in [1.54, 1.807) is 13.8 Å². The molecule has 0 amide bonds. The third-order valence-electron chi connectivity index (χ3n) is 2.39. The van der Waals surface area contributed by atoms with Gasteiger partial charge in [0.05, 0.1) is 11.5 Å². The summed E-state index contributed by atoms with van der Waals surface area (Å²) in [4.78, 5) is 9.65. The Morgan fingerprint density at radius 3 is 2.50 bits per heavy atom. The minimum absolute atomic E-state index is 0.142. The zero-order valence-electron chi connectivity index (χ0n) is 8.90. The summed E-state index contributed by atoms with van der Waals surface area (Å²) >= 11 is 0. The van der Waals surface area contributed by atoms with Crippen molar-refractivity contribution in [1.29, 1.82) is 0 Å². The first-order chi connectivity index (χ1) is 7.29. The molecule has 0 saturated carbocycles. The highest BCUT2D eigenvalue weighted by Crippen LogP contribution is 2.35. The molecule has 0 unspecified atom stereocenters. The Hall–Kier alpha value is -1.69. The lowest BCUT2D eigenvalue weighted by Crippen LogP contribution is -2.22. The molecule has 0 atom stereocenters. The van der Waals surface area contributed by atoms with Gasteiger partial charge in [0.15, 0.2) is 0 Å². The van der Waals surface area contributed by atoms with Gasteiger partial charge in [-0.1, -0.05) is 13.8 Å². The average Bonchev–Trinajstić information content (AvgIpc) is 2.16. The van der Waals surface area contributed by atoms with Gasteiger partial charge >= 0.3 is 5.69 Å². The Labute approximate surface area is 91.3 Å². The summed E-state index contributed by atoms with van der Waals surface area (Å²) in [6.45, 7) is 2.86. The molecule has 1 aromatic carbocycles. The van der Waals surface area contributed by atoms with Crippen LogP contribution in [0.4, 0.5) is 10.1 Å². The molecule has 0 aliphatic rings. The third kappa shape index (κ3) is 2.11. The summed E-state index contributed by atoms with van der Waals surface area (Å²) in [7, 11) is 0. The van der Waals surface area contributed by atoms with E-state index in [1.165, 1.54) is 0 Å². The molecule has 0 aromatic heterocycles. The summed E-state index contributed by atoms with van der Waals surface area (Å²) in [5.74, 6) is -1.50. The normalized spacial score (nSPS) is 11.5.